The zero-order valence-corrected chi connectivity index (χ0v) is 17.4. The monoisotopic (exact) mass is 467 g/mol. The van der Waals surface area contributed by atoms with Crippen molar-refractivity contribution in [3.63, 3.8) is 0 Å². The third-order valence-electron chi connectivity index (χ3n) is 3.66. The number of hydrogen-bond donors (Lipinski definition) is 2. The maximum atomic E-state index is 12.3. The number of hydrogen-bond acceptors (Lipinski definition) is 8. The first-order valence-corrected chi connectivity index (χ1v) is 11.0. The van der Waals surface area contributed by atoms with Gasteiger partial charge in [0.15, 0.2) is 5.17 Å². The van der Waals surface area contributed by atoms with Gasteiger partial charge in [0, 0.05) is 5.02 Å². The van der Waals surface area contributed by atoms with Crippen molar-refractivity contribution in [3.05, 3.63) is 59.1 Å². The normalized spacial score (nSPS) is 18.0. The predicted octanol–water partition coefficient (Wildman–Crippen LogP) is 2.50. The summed E-state index contributed by atoms with van der Waals surface area (Å²) < 4.78 is 29.8. The average molecular weight is 468 g/mol. The van der Waals surface area contributed by atoms with E-state index in [0.717, 1.165) is 11.8 Å². The molecule has 0 unspecified atom stereocenters. The Morgan fingerprint density at radius 3 is 2.70 bits per heavy atom. The molecule has 0 bridgehead atoms. The van der Waals surface area contributed by atoms with Crippen LogP contribution in [0.4, 0.5) is 0 Å². The fraction of sp³-hybridized carbons (Fsp3) is 0.111. The maximum absolute atomic E-state index is 12.3. The summed E-state index contributed by atoms with van der Waals surface area (Å²) in [5.74, 6) is -1.46. The minimum absolute atomic E-state index is 0.0396. The lowest BCUT2D eigenvalue weighted by Gasteiger charge is -2.07. The largest absolute Gasteiger partial charge is 0.481 e. The molecular weight excluding hydrogens is 454 g/mol. The van der Waals surface area contributed by atoms with E-state index in [0.29, 0.717) is 10.6 Å². The van der Waals surface area contributed by atoms with Crippen molar-refractivity contribution >= 4 is 56.7 Å². The number of benzene rings is 2. The van der Waals surface area contributed by atoms with Gasteiger partial charge in [-0.25, -0.2) is 0 Å². The van der Waals surface area contributed by atoms with Gasteiger partial charge in [-0.2, -0.15) is 13.5 Å². The van der Waals surface area contributed by atoms with Crippen LogP contribution in [0, 0.1) is 0 Å². The zero-order valence-electron chi connectivity index (χ0n) is 15.1. The zero-order chi connectivity index (χ0) is 21.7. The quantitative estimate of drug-likeness (QED) is 0.363. The number of carbonyl (C=O) groups excluding carboxylic acids is 1. The second-order valence-corrected chi connectivity index (χ2v) is 9.08. The van der Waals surface area contributed by atoms with E-state index >= 15 is 0 Å². The molecule has 30 heavy (non-hydrogen) atoms. The van der Waals surface area contributed by atoms with Gasteiger partial charge in [0.2, 0.25) is 5.91 Å². The molecule has 1 atom stereocenters. The van der Waals surface area contributed by atoms with Crippen molar-refractivity contribution in [2.24, 2.45) is 10.2 Å². The average Bonchev–Trinajstić information content (AvgIpc) is 3.00. The molecule has 2 aromatic rings. The highest BCUT2D eigenvalue weighted by Crippen LogP contribution is 2.23. The lowest BCUT2D eigenvalue weighted by molar-refractivity contribution is -0.138. The van der Waals surface area contributed by atoms with E-state index in [2.05, 4.69) is 15.5 Å². The Morgan fingerprint density at radius 2 is 2.00 bits per heavy atom. The highest BCUT2D eigenvalue weighted by atomic mass is 35.5. The number of nitrogens with zero attached hydrogens (tertiary/aromatic N) is 2. The second kappa shape index (κ2) is 9.28. The van der Waals surface area contributed by atoms with Gasteiger partial charge in [0.05, 0.1) is 12.6 Å². The number of aliphatic carboxylic acids is 1. The Balaban J connectivity index is 1.68. The Morgan fingerprint density at radius 1 is 1.27 bits per heavy atom. The topological polar surface area (TPSA) is 134 Å². The summed E-state index contributed by atoms with van der Waals surface area (Å²) in [6, 6.07) is 11.7. The number of carboxylic acids is 1. The van der Waals surface area contributed by atoms with Crippen molar-refractivity contribution in [3.8, 4) is 5.75 Å². The van der Waals surface area contributed by atoms with E-state index in [4.69, 9.17) is 20.9 Å². The number of carboxylic acid groups (broad SMARTS) is 1. The van der Waals surface area contributed by atoms with Crippen LogP contribution in [-0.2, 0) is 19.7 Å². The van der Waals surface area contributed by atoms with E-state index in [9.17, 15) is 18.0 Å². The molecule has 0 aromatic heterocycles. The SMILES string of the molecule is O=C(O)C[C@H]1S/C(=N\N=C/c2cccc(OS(=O)(=O)c3ccc(Cl)cc3)c2)NC1=O. The van der Waals surface area contributed by atoms with Gasteiger partial charge >= 0.3 is 16.1 Å². The van der Waals surface area contributed by atoms with Crippen molar-refractivity contribution in [2.75, 3.05) is 0 Å². The standard InChI is InChI=1S/C18H14ClN3O6S2/c19-12-4-6-14(7-5-12)30(26,27)28-13-3-1-2-11(8-13)10-20-22-18-21-17(25)15(29-18)9-16(23)24/h1-8,10,15H,9H2,(H,23,24)(H,21,22,25)/b20-10-/t15-/m1/s1. The number of rotatable bonds is 7. The van der Waals surface area contributed by atoms with Crippen molar-refractivity contribution < 1.29 is 27.3 Å². The Labute approximate surface area is 180 Å². The summed E-state index contributed by atoms with van der Waals surface area (Å²) in [6.45, 7) is 0. The summed E-state index contributed by atoms with van der Waals surface area (Å²) in [5.41, 5.74) is 0.500. The molecule has 1 fully saturated rings. The molecule has 0 radical (unpaired) electrons. The van der Waals surface area contributed by atoms with E-state index in [1.807, 2.05) is 0 Å². The van der Waals surface area contributed by atoms with Crippen LogP contribution >= 0.6 is 23.4 Å². The third-order valence-corrected chi connectivity index (χ3v) is 6.24. The Bertz CT molecular complexity index is 1130. The maximum Gasteiger partial charge on any atom is 0.339 e. The fourth-order valence-corrected chi connectivity index (χ4v) is 4.28. The molecule has 2 N–H and O–H groups in total. The molecule has 12 heteroatoms. The molecule has 1 saturated heterocycles. The minimum Gasteiger partial charge on any atom is -0.481 e. The van der Waals surface area contributed by atoms with Gasteiger partial charge in [-0.05, 0) is 42.0 Å². The van der Waals surface area contributed by atoms with Crippen LogP contribution < -0.4 is 9.50 Å². The van der Waals surface area contributed by atoms with Gasteiger partial charge in [-0.15, -0.1) is 5.10 Å². The molecule has 0 saturated carbocycles. The Kier molecular flexibility index (Phi) is 6.75. The fourth-order valence-electron chi connectivity index (χ4n) is 2.32. The second-order valence-electron chi connectivity index (χ2n) is 5.91. The number of nitrogens with one attached hydrogen (secondary N) is 1. The predicted molar refractivity (Wildman–Crippen MR) is 113 cm³/mol. The van der Waals surface area contributed by atoms with Crippen LogP contribution in [0.25, 0.3) is 0 Å². The molecule has 1 heterocycles. The molecule has 3 rings (SSSR count). The lowest BCUT2D eigenvalue weighted by atomic mass is 10.2. The van der Waals surface area contributed by atoms with Crippen molar-refractivity contribution in [2.45, 2.75) is 16.6 Å². The number of carbonyl (C=O) groups is 2. The van der Waals surface area contributed by atoms with Crippen LogP contribution in [0.5, 0.6) is 5.75 Å². The molecule has 9 nitrogen and oxygen atoms in total. The number of amides is 1. The van der Waals surface area contributed by atoms with E-state index in [-0.39, 0.29) is 22.2 Å². The number of amidine groups is 1. The highest BCUT2D eigenvalue weighted by molar-refractivity contribution is 8.15. The van der Waals surface area contributed by atoms with Gasteiger partial charge < -0.3 is 14.6 Å². The van der Waals surface area contributed by atoms with Crippen LogP contribution in [-0.4, -0.2) is 42.0 Å². The van der Waals surface area contributed by atoms with Gasteiger partial charge in [-0.1, -0.05) is 35.5 Å². The van der Waals surface area contributed by atoms with Crippen LogP contribution in [0.1, 0.15) is 12.0 Å². The molecule has 1 aliphatic heterocycles. The molecule has 1 aliphatic rings. The molecular formula is C18H14ClN3O6S2. The molecule has 1 amide bonds. The summed E-state index contributed by atoms with van der Waals surface area (Å²) in [7, 11) is -4.03. The van der Waals surface area contributed by atoms with Crippen LogP contribution in [0.3, 0.4) is 0 Å². The molecule has 156 valence electrons. The van der Waals surface area contributed by atoms with E-state index in [1.165, 1.54) is 42.6 Å². The minimum atomic E-state index is -4.03. The summed E-state index contributed by atoms with van der Waals surface area (Å²) >= 11 is 6.74. The summed E-state index contributed by atoms with van der Waals surface area (Å²) in [4.78, 5) is 22.3. The van der Waals surface area contributed by atoms with E-state index < -0.39 is 27.2 Å². The van der Waals surface area contributed by atoms with Crippen LogP contribution in [0.2, 0.25) is 5.02 Å². The molecule has 0 aliphatic carbocycles. The third kappa shape index (κ3) is 5.81. The Hall–Kier alpha value is -2.89. The molecule has 2 aromatic carbocycles. The first kappa shape index (κ1) is 21.8. The van der Waals surface area contributed by atoms with Crippen LogP contribution in [0.15, 0.2) is 63.6 Å². The van der Waals surface area contributed by atoms with E-state index in [1.54, 1.807) is 12.1 Å². The van der Waals surface area contributed by atoms with Crippen molar-refractivity contribution in [1.82, 2.24) is 5.32 Å². The van der Waals surface area contributed by atoms with Gasteiger partial charge in [-0.3, -0.25) is 9.59 Å². The molecule has 0 spiro atoms. The smallest absolute Gasteiger partial charge is 0.339 e. The number of halogens is 1. The van der Waals surface area contributed by atoms with Gasteiger partial charge in [0.25, 0.3) is 0 Å². The first-order valence-electron chi connectivity index (χ1n) is 8.33. The van der Waals surface area contributed by atoms with Gasteiger partial charge in [0.1, 0.15) is 15.9 Å². The highest BCUT2D eigenvalue weighted by Gasteiger charge is 2.32. The lowest BCUT2D eigenvalue weighted by Crippen LogP contribution is -2.26. The summed E-state index contributed by atoms with van der Waals surface area (Å²) in [6.07, 6.45) is 1.02. The number of thioether (sulfide) groups is 1. The summed E-state index contributed by atoms with van der Waals surface area (Å²) in [5, 5.41) is 18.7. The first-order chi connectivity index (χ1) is 14.2. The van der Waals surface area contributed by atoms with Crippen molar-refractivity contribution in [1.29, 1.82) is 0 Å².